The van der Waals surface area contributed by atoms with Gasteiger partial charge in [0.1, 0.15) is 0 Å². The largest absolute Gasteiger partial charge is 0.355 e. The van der Waals surface area contributed by atoms with Crippen LogP contribution in [0.25, 0.3) is 0 Å². The molecule has 2 aliphatic heterocycles. The van der Waals surface area contributed by atoms with Crippen LogP contribution in [0, 0.1) is 11.8 Å². The quantitative estimate of drug-likeness (QED) is 0.759. The predicted molar refractivity (Wildman–Crippen MR) is 91.9 cm³/mol. The van der Waals surface area contributed by atoms with E-state index in [1.165, 1.54) is 45.1 Å². The number of amides is 1. The van der Waals surface area contributed by atoms with Crippen LogP contribution in [0.3, 0.4) is 0 Å². The number of piperidine rings is 2. The van der Waals surface area contributed by atoms with Crippen molar-refractivity contribution in [2.75, 3.05) is 32.7 Å². The Bertz CT molecular complexity index is 328. The standard InChI is InChI=1S/C18H35N3O/c1-3-17-8-4-5-11-21(17)12-10-20-18(22)13-15(2)16-7-6-9-19-14-16/h15-17,19H,3-14H2,1-2H3,(H,20,22). The van der Waals surface area contributed by atoms with Gasteiger partial charge in [0.05, 0.1) is 0 Å². The zero-order valence-electron chi connectivity index (χ0n) is 14.6. The summed E-state index contributed by atoms with van der Waals surface area (Å²) >= 11 is 0. The smallest absolute Gasteiger partial charge is 0.220 e. The number of rotatable bonds is 7. The number of carbonyl (C=O) groups is 1. The lowest BCUT2D eigenvalue weighted by Gasteiger charge is -2.35. The summed E-state index contributed by atoms with van der Waals surface area (Å²) < 4.78 is 0. The molecule has 0 bridgehead atoms. The Balaban J connectivity index is 1.62. The van der Waals surface area contributed by atoms with Gasteiger partial charge in [-0.15, -0.1) is 0 Å². The van der Waals surface area contributed by atoms with E-state index < -0.39 is 0 Å². The lowest BCUT2D eigenvalue weighted by molar-refractivity contribution is -0.122. The second-order valence-electron chi connectivity index (χ2n) is 7.23. The molecule has 0 aromatic carbocycles. The monoisotopic (exact) mass is 309 g/mol. The molecule has 2 fully saturated rings. The molecular formula is C18H35N3O. The van der Waals surface area contributed by atoms with E-state index in [0.29, 0.717) is 18.3 Å². The van der Waals surface area contributed by atoms with Gasteiger partial charge >= 0.3 is 0 Å². The number of carbonyl (C=O) groups excluding carboxylic acids is 1. The van der Waals surface area contributed by atoms with Gasteiger partial charge in [0.15, 0.2) is 0 Å². The number of nitrogens with zero attached hydrogens (tertiary/aromatic N) is 1. The summed E-state index contributed by atoms with van der Waals surface area (Å²) in [4.78, 5) is 14.7. The zero-order chi connectivity index (χ0) is 15.8. The molecule has 0 spiro atoms. The Kier molecular flexibility index (Phi) is 7.67. The van der Waals surface area contributed by atoms with Crippen LogP contribution in [-0.2, 0) is 4.79 Å². The SMILES string of the molecule is CCC1CCCCN1CCNC(=O)CC(C)C1CCCNC1. The second kappa shape index (κ2) is 9.51. The molecule has 2 N–H and O–H groups in total. The van der Waals surface area contributed by atoms with E-state index in [4.69, 9.17) is 0 Å². The Labute approximate surface area is 136 Å². The van der Waals surface area contributed by atoms with E-state index in [1.54, 1.807) is 0 Å². The minimum absolute atomic E-state index is 0.239. The van der Waals surface area contributed by atoms with Crippen LogP contribution in [0.2, 0.25) is 0 Å². The fourth-order valence-corrected chi connectivity index (χ4v) is 4.05. The molecule has 4 heteroatoms. The number of hydrogen-bond donors (Lipinski definition) is 2. The van der Waals surface area contributed by atoms with Crippen LogP contribution in [0.4, 0.5) is 0 Å². The number of likely N-dealkylation sites (tertiary alicyclic amines) is 1. The average molecular weight is 309 g/mol. The molecule has 2 aliphatic rings. The molecule has 3 atom stereocenters. The lowest BCUT2D eigenvalue weighted by Crippen LogP contribution is -2.44. The molecular weight excluding hydrogens is 274 g/mol. The van der Waals surface area contributed by atoms with Gasteiger partial charge in [-0.3, -0.25) is 9.69 Å². The van der Waals surface area contributed by atoms with Crippen molar-refractivity contribution in [1.29, 1.82) is 0 Å². The van der Waals surface area contributed by atoms with Crippen molar-refractivity contribution < 1.29 is 4.79 Å². The Morgan fingerprint density at radius 2 is 2.18 bits per heavy atom. The Morgan fingerprint density at radius 3 is 2.91 bits per heavy atom. The molecule has 0 aromatic rings. The van der Waals surface area contributed by atoms with Crippen LogP contribution in [0.5, 0.6) is 0 Å². The predicted octanol–water partition coefficient (Wildman–Crippen LogP) is 2.39. The summed E-state index contributed by atoms with van der Waals surface area (Å²) in [6.45, 7) is 9.77. The van der Waals surface area contributed by atoms with Crippen molar-refractivity contribution in [3.63, 3.8) is 0 Å². The highest BCUT2D eigenvalue weighted by Crippen LogP contribution is 2.22. The van der Waals surface area contributed by atoms with E-state index in [9.17, 15) is 4.79 Å². The van der Waals surface area contributed by atoms with Crippen LogP contribution < -0.4 is 10.6 Å². The molecule has 0 aliphatic carbocycles. The number of hydrogen-bond acceptors (Lipinski definition) is 3. The van der Waals surface area contributed by atoms with Gasteiger partial charge in [0.2, 0.25) is 5.91 Å². The molecule has 0 saturated carbocycles. The van der Waals surface area contributed by atoms with Gasteiger partial charge < -0.3 is 10.6 Å². The first-order valence-electron chi connectivity index (χ1n) is 9.42. The zero-order valence-corrected chi connectivity index (χ0v) is 14.6. The first kappa shape index (κ1) is 17.7. The van der Waals surface area contributed by atoms with Gasteiger partial charge in [0, 0.05) is 25.6 Å². The normalized spacial score (nSPS) is 28.3. The summed E-state index contributed by atoms with van der Waals surface area (Å²) in [5.41, 5.74) is 0. The average Bonchev–Trinajstić information content (AvgIpc) is 2.56. The molecule has 4 nitrogen and oxygen atoms in total. The Hall–Kier alpha value is -0.610. The van der Waals surface area contributed by atoms with Crippen LogP contribution >= 0.6 is 0 Å². The van der Waals surface area contributed by atoms with E-state index in [2.05, 4.69) is 29.4 Å². The summed E-state index contributed by atoms with van der Waals surface area (Å²) in [5, 5.41) is 6.59. The molecule has 3 unspecified atom stereocenters. The second-order valence-corrected chi connectivity index (χ2v) is 7.23. The number of nitrogens with one attached hydrogen (secondary N) is 2. The highest BCUT2D eigenvalue weighted by molar-refractivity contribution is 5.76. The van der Waals surface area contributed by atoms with Gasteiger partial charge in [-0.1, -0.05) is 20.3 Å². The highest BCUT2D eigenvalue weighted by atomic mass is 16.1. The maximum absolute atomic E-state index is 12.1. The molecule has 0 aromatic heterocycles. The molecule has 1 amide bonds. The summed E-state index contributed by atoms with van der Waals surface area (Å²) in [5.74, 6) is 1.40. The molecule has 2 heterocycles. The van der Waals surface area contributed by atoms with Crippen molar-refractivity contribution in [2.45, 2.75) is 64.8 Å². The van der Waals surface area contributed by atoms with Crippen molar-refractivity contribution >= 4 is 5.91 Å². The molecule has 2 rings (SSSR count). The van der Waals surface area contributed by atoms with Crippen LogP contribution in [0.15, 0.2) is 0 Å². The summed E-state index contributed by atoms with van der Waals surface area (Å²) in [6.07, 6.45) is 8.46. The molecule has 0 radical (unpaired) electrons. The maximum Gasteiger partial charge on any atom is 0.220 e. The third-order valence-electron chi connectivity index (χ3n) is 5.59. The minimum atomic E-state index is 0.239. The van der Waals surface area contributed by atoms with E-state index in [-0.39, 0.29) is 5.91 Å². The Morgan fingerprint density at radius 1 is 1.32 bits per heavy atom. The fraction of sp³-hybridized carbons (Fsp3) is 0.944. The van der Waals surface area contributed by atoms with E-state index in [0.717, 1.165) is 32.2 Å². The minimum Gasteiger partial charge on any atom is -0.355 e. The lowest BCUT2D eigenvalue weighted by atomic mass is 9.85. The first-order valence-corrected chi connectivity index (χ1v) is 9.42. The van der Waals surface area contributed by atoms with Gasteiger partial charge in [-0.25, -0.2) is 0 Å². The highest BCUT2D eigenvalue weighted by Gasteiger charge is 2.23. The van der Waals surface area contributed by atoms with Crippen LogP contribution in [-0.4, -0.2) is 49.6 Å². The summed E-state index contributed by atoms with van der Waals surface area (Å²) in [7, 11) is 0. The molecule has 2 saturated heterocycles. The van der Waals surface area contributed by atoms with Gasteiger partial charge in [0.25, 0.3) is 0 Å². The molecule has 128 valence electrons. The summed E-state index contributed by atoms with van der Waals surface area (Å²) in [6, 6.07) is 0.734. The molecule has 22 heavy (non-hydrogen) atoms. The van der Waals surface area contributed by atoms with Crippen molar-refractivity contribution in [3.05, 3.63) is 0 Å². The third kappa shape index (κ3) is 5.54. The topological polar surface area (TPSA) is 44.4 Å². The van der Waals surface area contributed by atoms with Crippen LogP contribution in [0.1, 0.15) is 58.8 Å². The maximum atomic E-state index is 12.1. The fourth-order valence-electron chi connectivity index (χ4n) is 4.05. The van der Waals surface area contributed by atoms with Crippen molar-refractivity contribution in [2.24, 2.45) is 11.8 Å². The first-order chi connectivity index (χ1) is 10.7. The van der Waals surface area contributed by atoms with Gasteiger partial charge in [-0.05, 0) is 63.6 Å². The van der Waals surface area contributed by atoms with Crippen molar-refractivity contribution in [1.82, 2.24) is 15.5 Å². The van der Waals surface area contributed by atoms with E-state index >= 15 is 0 Å². The third-order valence-corrected chi connectivity index (χ3v) is 5.59. The van der Waals surface area contributed by atoms with Gasteiger partial charge in [-0.2, -0.15) is 0 Å². The van der Waals surface area contributed by atoms with Crippen molar-refractivity contribution in [3.8, 4) is 0 Å². The van der Waals surface area contributed by atoms with E-state index in [1.807, 2.05) is 0 Å².